The van der Waals surface area contributed by atoms with Crippen molar-refractivity contribution < 1.29 is 14.7 Å². The van der Waals surface area contributed by atoms with Gasteiger partial charge in [0.1, 0.15) is 5.01 Å². The molecule has 6 heteroatoms. The molecule has 0 spiro atoms. The van der Waals surface area contributed by atoms with Crippen molar-refractivity contribution in [1.82, 2.24) is 9.88 Å². The van der Waals surface area contributed by atoms with Gasteiger partial charge in [-0.05, 0) is 37.8 Å². The van der Waals surface area contributed by atoms with Gasteiger partial charge >= 0.3 is 5.97 Å². The first kappa shape index (κ1) is 16.6. The number of hydrogen-bond acceptors (Lipinski definition) is 4. The van der Waals surface area contributed by atoms with Crippen molar-refractivity contribution in [3.63, 3.8) is 0 Å². The molecule has 0 radical (unpaired) electrons. The summed E-state index contributed by atoms with van der Waals surface area (Å²) in [6.07, 6.45) is 3.09. The van der Waals surface area contributed by atoms with E-state index in [0.717, 1.165) is 30.0 Å². The van der Waals surface area contributed by atoms with Gasteiger partial charge in [0, 0.05) is 17.6 Å². The molecule has 2 aromatic rings. The monoisotopic (exact) mass is 344 g/mol. The predicted molar refractivity (Wildman–Crippen MR) is 92.3 cm³/mol. The minimum absolute atomic E-state index is 0.0157. The molecule has 1 aromatic heterocycles. The molecule has 0 aliphatic carbocycles. The smallest absolute Gasteiger partial charge is 0.335 e. The number of carbonyl (C=O) groups is 2. The van der Waals surface area contributed by atoms with Gasteiger partial charge in [0.25, 0.3) is 0 Å². The van der Waals surface area contributed by atoms with Gasteiger partial charge in [-0.1, -0.05) is 18.2 Å². The summed E-state index contributed by atoms with van der Waals surface area (Å²) in [5.41, 5.74) is 1.74. The maximum absolute atomic E-state index is 12.8. The lowest BCUT2D eigenvalue weighted by molar-refractivity contribution is -0.134. The molecule has 5 nitrogen and oxygen atoms in total. The van der Waals surface area contributed by atoms with Crippen molar-refractivity contribution >= 4 is 23.2 Å². The van der Waals surface area contributed by atoms with Crippen LogP contribution in [0.1, 0.15) is 51.9 Å². The van der Waals surface area contributed by atoms with Gasteiger partial charge < -0.3 is 10.0 Å². The molecule has 0 bridgehead atoms. The summed E-state index contributed by atoms with van der Waals surface area (Å²) in [5, 5.41) is 12.3. The van der Waals surface area contributed by atoms with E-state index >= 15 is 0 Å². The zero-order valence-corrected chi connectivity index (χ0v) is 14.4. The Labute approximate surface area is 145 Å². The van der Waals surface area contributed by atoms with Crippen molar-refractivity contribution in [3.05, 3.63) is 51.5 Å². The van der Waals surface area contributed by atoms with Crippen LogP contribution in [0.5, 0.6) is 0 Å². The summed E-state index contributed by atoms with van der Waals surface area (Å²) in [7, 11) is 0. The number of hydrogen-bond donors (Lipinski definition) is 1. The van der Waals surface area contributed by atoms with E-state index in [1.807, 2.05) is 17.2 Å². The van der Waals surface area contributed by atoms with Crippen LogP contribution in [0, 0.1) is 6.92 Å². The van der Waals surface area contributed by atoms with Gasteiger partial charge in [-0.15, -0.1) is 11.3 Å². The Balaban J connectivity index is 1.81. The molecule has 1 N–H and O–H groups in total. The summed E-state index contributed by atoms with van der Waals surface area (Å²) < 4.78 is 0. The SMILES string of the molecule is Cc1csc(C2CCCCN2C(=O)Cc2ccccc2C(=O)O)n1. The predicted octanol–water partition coefficient (Wildman–Crippen LogP) is 3.45. The lowest BCUT2D eigenvalue weighted by atomic mass is 9.99. The van der Waals surface area contributed by atoms with Gasteiger partial charge in [0.15, 0.2) is 0 Å². The topological polar surface area (TPSA) is 70.5 Å². The number of carboxylic acids is 1. The normalized spacial score (nSPS) is 17.7. The van der Waals surface area contributed by atoms with Crippen LogP contribution >= 0.6 is 11.3 Å². The average Bonchev–Trinajstić information content (AvgIpc) is 3.01. The van der Waals surface area contributed by atoms with E-state index in [1.54, 1.807) is 35.6 Å². The summed E-state index contributed by atoms with van der Waals surface area (Å²) in [5.74, 6) is -1.02. The van der Waals surface area contributed by atoms with Crippen LogP contribution in [0.15, 0.2) is 29.6 Å². The first-order valence-electron chi connectivity index (χ1n) is 8.09. The Morgan fingerprint density at radius 2 is 2.12 bits per heavy atom. The highest BCUT2D eigenvalue weighted by Crippen LogP contribution is 2.33. The average molecular weight is 344 g/mol. The van der Waals surface area contributed by atoms with Crippen molar-refractivity contribution in [2.75, 3.05) is 6.54 Å². The minimum atomic E-state index is -0.996. The molecule has 24 heavy (non-hydrogen) atoms. The Kier molecular flexibility index (Phi) is 4.94. The molecule has 1 atom stereocenters. The first-order chi connectivity index (χ1) is 11.6. The van der Waals surface area contributed by atoms with Crippen molar-refractivity contribution in [1.29, 1.82) is 0 Å². The van der Waals surface area contributed by atoms with E-state index in [-0.39, 0.29) is 23.9 Å². The second kappa shape index (κ2) is 7.13. The van der Waals surface area contributed by atoms with Crippen LogP contribution < -0.4 is 0 Å². The van der Waals surface area contributed by atoms with Crippen LogP contribution in [0.4, 0.5) is 0 Å². The number of amides is 1. The number of nitrogens with zero attached hydrogens (tertiary/aromatic N) is 2. The number of carbonyl (C=O) groups excluding carboxylic acids is 1. The molecule has 1 aromatic carbocycles. The number of aromatic nitrogens is 1. The third kappa shape index (κ3) is 3.48. The molecule has 0 saturated carbocycles. The summed E-state index contributed by atoms with van der Waals surface area (Å²) >= 11 is 1.59. The minimum Gasteiger partial charge on any atom is -0.478 e. The largest absolute Gasteiger partial charge is 0.478 e. The van der Waals surface area contributed by atoms with Gasteiger partial charge in [0.2, 0.25) is 5.91 Å². The van der Waals surface area contributed by atoms with Crippen LogP contribution in [-0.4, -0.2) is 33.4 Å². The van der Waals surface area contributed by atoms with Crippen LogP contribution in [0.2, 0.25) is 0 Å². The quantitative estimate of drug-likeness (QED) is 0.922. The number of aryl methyl sites for hydroxylation is 1. The molecule has 1 saturated heterocycles. The van der Waals surface area contributed by atoms with E-state index in [0.29, 0.717) is 12.1 Å². The molecule has 3 rings (SSSR count). The zero-order valence-electron chi connectivity index (χ0n) is 13.6. The second-order valence-corrected chi connectivity index (χ2v) is 6.95. The Hall–Kier alpha value is -2.21. The fourth-order valence-corrected chi connectivity index (χ4v) is 4.10. The highest BCUT2D eigenvalue weighted by molar-refractivity contribution is 7.09. The van der Waals surface area contributed by atoms with Gasteiger partial charge in [-0.3, -0.25) is 4.79 Å². The number of likely N-dealkylation sites (tertiary alicyclic amines) is 1. The summed E-state index contributed by atoms with van der Waals surface area (Å²) in [6, 6.07) is 6.73. The highest BCUT2D eigenvalue weighted by atomic mass is 32.1. The second-order valence-electron chi connectivity index (χ2n) is 6.06. The van der Waals surface area contributed by atoms with Gasteiger partial charge in [-0.2, -0.15) is 0 Å². The number of benzene rings is 1. The van der Waals surface area contributed by atoms with Crippen LogP contribution in [-0.2, 0) is 11.2 Å². The molecule has 1 aliphatic heterocycles. The lowest BCUT2D eigenvalue weighted by Gasteiger charge is -2.34. The van der Waals surface area contributed by atoms with Crippen molar-refractivity contribution in [2.24, 2.45) is 0 Å². The van der Waals surface area contributed by atoms with E-state index in [1.165, 1.54) is 0 Å². The summed E-state index contributed by atoms with van der Waals surface area (Å²) in [4.78, 5) is 30.6. The molecular formula is C18H20N2O3S. The van der Waals surface area contributed by atoms with Crippen LogP contribution in [0.3, 0.4) is 0 Å². The van der Waals surface area contributed by atoms with E-state index in [2.05, 4.69) is 4.98 Å². The first-order valence-corrected chi connectivity index (χ1v) is 8.97. The lowest BCUT2D eigenvalue weighted by Crippen LogP contribution is -2.39. The third-order valence-electron chi connectivity index (χ3n) is 4.33. The Bertz CT molecular complexity index is 756. The standard InChI is InChI=1S/C18H20N2O3S/c1-12-11-24-17(19-12)15-8-4-5-9-20(15)16(21)10-13-6-2-3-7-14(13)18(22)23/h2-3,6-7,11,15H,4-5,8-10H2,1H3,(H,22,23). The number of rotatable bonds is 4. The number of carboxylic acid groups (broad SMARTS) is 1. The number of piperidine rings is 1. The molecular weight excluding hydrogens is 324 g/mol. The maximum atomic E-state index is 12.8. The molecule has 1 amide bonds. The summed E-state index contributed by atoms with van der Waals surface area (Å²) in [6.45, 7) is 2.66. The zero-order chi connectivity index (χ0) is 17.1. The number of thiazole rings is 1. The van der Waals surface area contributed by atoms with Gasteiger partial charge in [-0.25, -0.2) is 9.78 Å². The fourth-order valence-electron chi connectivity index (χ4n) is 3.16. The maximum Gasteiger partial charge on any atom is 0.335 e. The van der Waals surface area contributed by atoms with Crippen LogP contribution in [0.25, 0.3) is 0 Å². The highest BCUT2D eigenvalue weighted by Gasteiger charge is 2.30. The third-order valence-corrected chi connectivity index (χ3v) is 5.40. The fraction of sp³-hybridized carbons (Fsp3) is 0.389. The van der Waals surface area contributed by atoms with E-state index < -0.39 is 5.97 Å². The van der Waals surface area contributed by atoms with E-state index in [4.69, 9.17) is 0 Å². The molecule has 1 aliphatic rings. The molecule has 1 fully saturated rings. The molecule has 126 valence electrons. The van der Waals surface area contributed by atoms with Crippen molar-refractivity contribution in [3.8, 4) is 0 Å². The van der Waals surface area contributed by atoms with E-state index in [9.17, 15) is 14.7 Å². The Morgan fingerprint density at radius 1 is 1.33 bits per heavy atom. The Morgan fingerprint density at radius 3 is 2.83 bits per heavy atom. The van der Waals surface area contributed by atoms with Crippen molar-refractivity contribution in [2.45, 2.75) is 38.6 Å². The molecule has 2 heterocycles. The molecule has 1 unspecified atom stereocenters. The van der Waals surface area contributed by atoms with Gasteiger partial charge in [0.05, 0.1) is 18.0 Å². The number of aromatic carboxylic acids is 1.